The second-order valence-electron chi connectivity index (χ2n) is 3.31. The molecular weight excluding hydrogens is 212 g/mol. The standard InChI is InChI=1S/C11H17ClN2O/c1-3-9(12)4-6-13-10-5-7-14-11(8-10)15-2/h5,7-9H,3-4,6H2,1-2H3,(H,13,14). The molecule has 0 saturated heterocycles. The van der Waals surface area contributed by atoms with Crippen LogP contribution in [0.3, 0.4) is 0 Å². The SMILES string of the molecule is CCC(Cl)CCNc1ccnc(OC)c1. The van der Waals surface area contributed by atoms with Crippen molar-refractivity contribution in [3.63, 3.8) is 0 Å². The Bertz CT molecular complexity index is 294. The number of hydrogen-bond donors (Lipinski definition) is 1. The molecule has 84 valence electrons. The lowest BCUT2D eigenvalue weighted by atomic mass is 10.2. The molecule has 0 bridgehead atoms. The third kappa shape index (κ3) is 4.38. The molecule has 1 aromatic heterocycles. The zero-order valence-corrected chi connectivity index (χ0v) is 9.92. The van der Waals surface area contributed by atoms with Crippen LogP contribution >= 0.6 is 11.6 Å². The van der Waals surface area contributed by atoms with Gasteiger partial charge in [-0.3, -0.25) is 0 Å². The first-order valence-electron chi connectivity index (χ1n) is 5.14. The summed E-state index contributed by atoms with van der Waals surface area (Å²) in [5.74, 6) is 0.623. The largest absolute Gasteiger partial charge is 0.481 e. The van der Waals surface area contributed by atoms with E-state index in [2.05, 4.69) is 17.2 Å². The molecule has 0 saturated carbocycles. The molecule has 0 aliphatic carbocycles. The molecule has 15 heavy (non-hydrogen) atoms. The number of anilines is 1. The van der Waals surface area contributed by atoms with Crippen molar-refractivity contribution >= 4 is 17.3 Å². The van der Waals surface area contributed by atoms with Crippen LogP contribution in [0.15, 0.2) is 18.3 Å². The summed E-state index contributed by atoms with van der Waals surface area (Å²) >= 11 is 6.01. The molecule has 1 unspecified atom stereocenters. The zero-order chi connectivity index (χ0) is 11.1. The van der Waals surface area contributed by atoms with Gasteiger partial charge in [-0.25, -0.2) is 4.98 Å². The van der Waals surface area contributed by atoms with Crippen LogP contribution < -0.4 is 10.1 Å². The van der Waals surface area contributed by atoms with Crippen LogP contribution in [-0.4, -0.2) is 24.0 Å². The van der Waals surface area contributed by atoms with Gasteiger partial charge in [-0.2, -0.15) is 0 Å². The van der Waals surface area contributed by atoms with Gasteiger partial charge in [0.1, 0.15) is 0 Å². The minimum absolute atomic E-state index is 0.251. The van der Waals surface area contributed by atoms with Gasteiger partial charge in [0.25, 0.3) is 0 Å². The van der Waals surface area contributed by atoms with Gasteiger partial charge >= 0.3 is 0 Å². The Morgan fingerprint density at radius 3 is 3.07 bits per heavy atom. The summed E-state index contributed by atoms with van der Waals surface area (Å²) in [6.45, 7) is 2.96. The number of aromatic nitrogens is 1. The molecule has 0 spiro atoms. The summed E-state index contributed by atoms with van der Waals surface area (Å²) in [4.78, 5) is 4.03. The van der Waals surface area contributed by atoms with Crippen LogP contribution in [0.1, 0.15) is 19.8 Å². The highest BCUT2D eigenvalue weighted by Gasteiger charge is 2.01. The highest BCUT2D eigenvalue weighted by atomic mass is 35.5. The topological polar surface area (TPSA) is 34.2 Å². The molecule has 0 amide bonds. The normalized spacial score (nSPS) is 12.2. The van der Waals surface area contributed by atoms with Gasteiger partial charge in [0.15, 0.2) is 0 Å². The van der Waals surface area contributed by atoms with Gasteiger partial charge in [0.05, 0.1) is 7.11 Å². The third-order valence-corrected chi connectivity index (χ3v) is 2.70. The molecule has 0 fully saturated rings. The van der Waals surface area contributed by atoms with Crippen molar-refractivity contribution in [3.05, 3.63) is 18.3 Å². The van der Waals surface area contributed by atoms with E-state index < -0.39 is 0 Å². The fraction of sp³-hybridized carbons (Fsp3) is 0.545. The summed E-state index contributed by atoms with van der Waals surface area (Å²) in [6, 6.07) is 3.78. The van der Waals surface area contributed by atoms with Crippen molar-refractivity contribution < 1.29 is 4.74 Å². The number of alkyl halides is 1. The van der Waals surface area contributed by atoms with E-state index in [1.54, 1.807) is 13.3 Å². The van der Waals surface area contributed by atoms with E-state index in [1.807, 2.05) is 12.1 Å². The Balaban J connectivity index is 2.37. The van der Waals surface area contributed by atoms with Crippen molar-refractivity contribution in [2.45, 2.75) is 25.1 Å². The van der Waals surface area contributed by atoms with Crippen molar-refractivity contribution in [2.75, 3.05) is 19.0 Å². The monoisotopic (exact) mass is 228 g/mol. The molecule has 3 nitrogen and oxygen atoms in total. The maximum Gasteiger partial charge on any atom is 0.214 e. The number of pyridine rings is 1. The first-order chi connectivity index (χ1) is 7.26. The molecule has 1 atom stereocenters. The zero-order valence-electron chi connectivity index (χ0n) is 9.16. The Hall–Kier alpha value is -0.960. The highest BCUT2D eigenvalue weighted by molar-refractivity contribution is 6.20. The number of halogens is 1. The van der Waals surface area contributed by atoms with Crippen LogP contribution in [0.5, 0.6) is 5.88 Å². The summed E-state index contributed by atoms with van der Waals surface area (Å²) < 4.78 is 5.03. The molecule has 1 rings (SSSR count). The van der Waals surface area contributed by atoms with E-state index in [1.165, 1.54) is 0 Å². The molecule has 0 aromatic carbocycles. The van der Waals surface area contributed by atoms with Crippen LogP contribution in [0.2, 0.25) is 0 Å². The Kier molecular flexibility index (Phi) is 5.26. The predicted octanol–water partition coefficient (Wildman–Crippen LogP) is 2.91. The first kappa shape index (κ1) is 12.1. The van der Waals surface area contributed by atoms with E-state index in [-0.39, 0.29) is 5.38 Å². The van der Waals surface area contributed by atoms with Gasteiger partial charge in [0.2, 0.25) is 5.88 Å². The highest BCUT2D eigenvalue weighted by Crippen LogP contribution is 2.14. The van der Waals surface area contributed by atoms with Crippen molar-refractivity contribution in [3.8, 4) is 5.88 Å². The fourth-order valence-corrected chi connectivity index (χ4v) is 1.32. The molecule has 0 aliphatic rings. The lowest BCUT2D eigenvalue weighted by Crippen LogP contribution is -2.08. The minimum Gasteiger partial charge on any atom is -0.481 e. The number of methoxy groups -OCH3 is 1. The molecule has 1 N–H and O–H groups in total. The maximum absolute atomic E-state index is 6.01. The second kappa shape index (κ2) is 6.51. The van der Waals surface area contributed by atoms with Crippen LogP contribution in [-0.2, 0) is 0 Å². The number of rotatable bonds is 6. The van der Waals surface area contributed by atoms with E-state index in [0.717, 1.165) is 25.1 Å². The number of nitrogens with one attached hydrogen (secondary N) is 1. The maximum atomic E-state index is 6.01. The molecule has 1 heterocycles. The quantitative estimate of drug-likeness (QED) is 0.761. The van der Waals surface area contributed by atoms with Gasteiger partial charge in [0, 0.05) is 29.9 Å². The van der Waals surface area contributed by atoms with E-state index in [0.29, 0.717) is 5.88 Å². The summed E-state index contributed by atoms with van der Waals surface area (Å²) in [5.41, 5.74) is 1.02. The van der Waals surface area contributed by atoms with Crippen LogP contribution in [0, 0.1) is 0 Å². The average molecular weight is 229 g/mol. The molecular formula is C11H17ClN2O. The molecule has 0 radical (unpaired) electrons. The van der Waals surface area contributed by atoms with Crippen molar-refractivity contribution in [1.82, 2.24) is 4.98 Å². The number of hydrogen-bond acceptors (Lipinski definition) is 3. The molecule has 0 aliphatic heterocycles. The number of nitrogens with zero attached hydrogens (tertiary/aromatic N) is 1. The van der Waals surface area contributed by atoms with Crippen LogP contribution in [0.25, 0.3) is 0 Å². The van der Waals surface area contributed by atoms with Gasteiger partial charge < -0.3 is 10.1 Å². The summed E-state index contributed by atoms with van der Waals surface area (Å²) in [6.07, 6.45) is 3.69. The number of ether oxygens (including phenoxy) is 1. The molecule has 1 aromatic rings. The smallest absolute Gasteiger partial charge is 0.214 e. The predicted molar refractivity (Wildman–Crippen MR) is 63.8 cm³/mol. The van der Waals surface area contributed by atoms with E-state index in [4.69, 9.17) is 16.3 Å². The summed E-state index contributed by atoms with van der Waals surface area (Å²) in [5, 5.41) is 3.53. The van der Waals surface area contributed by atoms with Crippen LogP contribution in [0.4, 0.5) is 5.69 Å². The lowest BCUT2D eigenvalue weighted by Gasteiger charge is -2.09. The lowest BCUT2D eigenvalue weighted by molar-refractivity contribution is 0.398. The van der Waals surface area contributed by atoms with E-state index >= 15 is 0 Å². The Morgan fingerprint density at radius 1 is 1.60 bits per heavy atom. The first-order valence-corrected chi connectivity index (χ1v) is 5.58. The van der Waals surface area contributed by atoms with Gasteiger partial charge in [-0.1, -0.05) is 6.92 Å². The third-order valence-electron chi connectivity index (χ3n) is 2.17. The Labute approximate surface area is 95.8 Å². The second-order valence-corrected chi connectivity index (χ2v) is 3.93. The Morgan fingerprint density at radius 2 is 2.40 bits per heavy atom. The average Bonchev–Trinajstić information content (AvgIpc) is 2.29. The fourth-order valence-electron chi connectivity index (χ4n) is 1.21. The summed E-state index contributed by atoms with van der Waals surface area (Å²) in [7, 11) is 1.61. The van der Waals surface area contributed by atoms with Crippen molar-refractivity contribution in [1.29, 1.82) is 0 Å². The minimum atomic E-state index is 0.251. The van der Waals surface area contributed by atoms with Crippen molar-refractivity contribution in [2.24, 2.45) is 0 Å². The van der Waals surface area contributed by atoms with E-state index in [9.17, 15) is 0 Å². The molecule has 4 heteroatoms. The van der Waals surface area contributed by atoms with Gasteiger partial charge in [-0.15, -0.1) is 11.6 Å². The van der Waals surface area contributed by atoms with Gasteiger partial charge in [-0.05, 0) is 18.9 Å².